The Hall–Kier alpha value is -1.58. The van der Waals surface area contributed by atoms with E-state index in [1.54, 1.807) is 6.07 Å². The number of rotatable bonds is 8. The molecule has 23 heavy (non-hydrogen) atoms. The summed E-state index contributed by atoms with van der Waals surface area (Å²) in [7, 11) is 0. The molecule has 128 valence electrons. The van der Waals surface area contributed by atoms with Gasteiger partial charge in [0, 0.05) is 25.6 Å². The number of nitrogens with zero attached hydrogens (tertiary/aromatic N) is 1. The minimum absolute atomic E-state index is 0.0775. The first-order chi connectivity index (χ1) is 11.2. The molecule has 1 amide bonds. The highest BCUT2D eigenvalue weighted by atomic mass is 19.1. The molecule has 0 bridgehead atoms. The van der Waals surface area contributed by atoms with Gasteiger partial charge >= 0.3 is 0 Å². The largest absolute Gasteiger partial charge is 0.369 e. The van der Waals surface area contributed by atoms with Crippen LogP contribution in [0.3, 0.4) is 0 Å². The third kappa shape index (κ3) is 5.52. The molecule has 0 aromatic heterocycles. The van der Waals surface area contributed by atoms with E-state index >= 15 is 0 Å². The predicted molar refractivity (Wildman–Crippen MR) is 93.1 cm³/mol. The van der Waals surface area contributed by atoms with Crippen molar-refractivity contribution in [1.29, 1.82) is 0 Å². The molecule has 1 aromatic rings. The van der Waals surface area contributed by atoms with E-state index < -0.39 is 0 Å². The van der Waals surface area contributed by atoms with E-state index in [1.807, 2.05) is 17.0 Å². The lowest BCUT2D eigenvalue weighted by molar-refractivity contribution is -0.125. The second kappa shape index (κ2) is 9.53. The Morgan fingerprint density at radius 3 is 2.57 bits per heavy atom. The van der Waals surface area contributed by atoms with Crippen LogP contribution in [0.2, 0.25) is 0 Å². The third-order valence-corrected chi connectivity index (χ3v) is 4.64. The van der Waals surface area contributed by atoms with E-state index in [-0.39, 0.29) is 17.6 Å². The zero-order valence-corrected chi connectivity index (χ0v) is 14.2. The molecule has 1 fully saturated rings. The van der Waals surface area contributed by atoms with Crippen molar-refractivity contribution in [3.8, 4) is 0 Å². The molecule has 1 aliphatic rings. The zero-order valence-electron chi connectivity index (χ0n) is 14.2. The van der Waals surface area contributed by atoms with Gasteiger partial charge in [0.15, 0.2) is 0 Å². The molecule has 1 aliphatic heterocycles. The normalized spacial score (nSPS) is 15.7. The maximum Gasteiger partial charge on any atom is 0.223 e. The van der Waals surface area contributed by atoms with E-state index in [1.165, 1.54) is 31.7 Å². The summed E-state index contributed by atoms with van der Waals surface area (Å²) in [6, 6.07) is 6.87. The number of amides is 1. The monoisotopic (exact) mass is 320 g/mol. The van der Waals surface area contributed by atoms with Crippen molar-refractivity contribution in [2.75, 3.05) is 24.5 Å². The smallest absolute Gasteiger partial charge is 0.223 e. The van der Waals surface area contributed by atoms with Crippen LogP contribution < -0.4 is 10.2 Å². The van der Waals surface area contributed by atoms with Gasteiger partial charge in [-0.25, -0.2) is 4.39 Å². The lowest BCUT2D eigenvalue weighted by Gasteiger charge is -2.33. The van der Waals surface area contributed by atoms with E-state index in [0.29, 0.717) is 5.69 Å². The van der Waals surface area contributed by atoms with Gasteiger partial charge in [0.25, 0.3) is 0 Å². The minimum Gasteiger partial charge on any atom is -0.369 e. The Labute approximate surface area is 139 Å². The molecule has 0 atom stereocenters. The van der Waals surface area contributed by atoms with Crippen LogP contribution in [-0.2, 0) is 4.79 Å². The second-order valence-electron chi connectivity index (χ2n) is 6.42. The van der Waals surface area contributed by atoms with Gasteiger partial charge in [-0.3, -0.25) is 4.79 Å². The number of para-hydroxylation sites is 1. The Kier molecular flexibility index (Phi) is 7.37. The van der Waals surface area contributed by atoms with Crippen LogP contribution >= 0.6 is 0 Å². The predicted octanol–water partition coefficient (Wildman–Crippen LogP) is 4.13. The summed E-state index contributed by atoms with van der Waals surface area (Å²) in [5, 5.41) is 3.06. The van der Waals surface area contributed by atoms with Crippen LogP contribution in [-0.4, -0.2) is 25.5 Å². The minimum atomic E-state index is -0.178. The highest BCUT2D eigenvalue weighted by Crippen LogP contribution is 2.25. The van der Waals surface area contributed by atoms with Gasteiger partial charge in [0.05, 0.1) is 5.69 Å². The van der Waals surface area contributed by atoms with Gasteiger partial charge in [-0.2, -0.15) is 0 Å². The molecule has 1 saturated heterocycles. The van der Waals surface area contributed by atoms with E-state index in [9.17, 15) is 9.18 Å². The number of carbonyl (C=O) groups excluding carboxylic acids is 1. The number of piperidine rings is 1. The summed E-state index contributed by atoms with van der Waals surface area (Å²) in [6.07, 6.45) is 7.65. The average Bonchev–Trinajstić information content (AvgIpc) is 2.58. The summed E-state index contributed by atoms with van der Waals surface area (Å²) < 4.78 is 13.8. The number of hydrogen-bond acceptors (Lipinski definition) is 2. The first kappa shape index (κ1) is 17.8. The molecule has 3 nitrogen and oxygen atoms in total. The van der Waals surface area contributed by atoms with E-state index in [4.69, 9.17) is 0 Å². The third-order valence-electron chi connectivity index (χ3n) is 4.64. The Bertz CT molecular complexity index is 484. The summed E-state index contributed by atoms with van der Waals surface area (Å²) in [4.78, 5) is 14.2. The van der Waals surface area contributed by atoms with Crippen LogP contribution in [0.1, 0.15) is 51.9 Å². The molecule has 0 radical (unpaired) electrons. The number of anilines is 1. The van der Waals surface area contributed by atoms with Gasteiger partial charge < -0.3 is 10.2 Å². The second-order valence-corrected chi connectivity index (χ2v) is 6.42. The quantitative estimate of drug-likeness (QED) is 0.731. The molecule has 1 N–H and O–H groups in total. The van der Waals surface area contributed by atoms with Crippen molar-refractivity contribution in [3.05, 3.63) is 30.1 Å². The molecule has 0 spiro atoms. The Morgan fingerprint density at radius 1 is 1.17 bits per heavy atom. The van der Waals surface area contributed by atoms with Crippen LogP contribution in [0, 0.1) is 11.7 Å². The zero-order chi connectivity index (χ0) is 16.5. The fourth-order valence-electron chi connectivity index (χ4n) is 3.18. The van der Waals surface area contributed by atoms with Gasteiger partial charge in [0.2, 0.25) is 5.91 Å². The number of hydrogen-bond donors (Lipinski definition) is 1. The molecule has 4 heteroatoms. The number of nitrogens with one attached hydrogen (secondary N) is 1. The standard InChI is InChI=1S/C19H29FN2O/c1-2-3-4-5-8-13-21-19(23)16-11-14-22(15-12-16)18-10-7-6-9-17(18)20/h6-7,9-10,16H,2-5,8,11-15H2,1H3,(H,21,23). The van der Waals surface area contributed by atoms with Crippen molar-refractivity contribution in [3.63, 3.8) is 0 Å². The Morgan fingerprint density at radius 2 is 1.87 bits per heavy atom. The Balaban J connectivity index is 1.68. The highest BCUT2D eigenvalue weighted by molar-refractivity contribution is 5.79. The molecule has 2 rings (SSSR count). The summed E-state index contributed by atoms with van der Waals surface area (Å²) in [5.74, 6) is 0.0739. The van der Waals surface area contributed by atoms with Crippen LogP contribution in [0.4, 0.5) is 10.1 Å². The van der Waals surface area contributed by atoms with Crippen molar-refractivity contribution in [2.45, 2.75) is 51.9 Å². The number of carbonyl (C=O) groups is 1. The maximum absolute atomic E-state index is 13.8. The van der Waals surface area contributed by atoms with Gasteiger partial charge in [0.1, 0.15) is 5.82 Å². The molecule has 1 aromatic carbocycles. The maximum atomic E-state index is 13.8. The molecule has 0 saturated carbocycles. The summed E-state index contributed by atoms with van der Waals surface area (Å²) in [6.45, 7) is 4.48. The first-order valence-corrected chi connectivity index (χ1v) is 8.99. The van der Waals surface area contributed by atoms with Crippen molar-refractivity contribution >= 4 is 11.6 Å². The van der Waals surface area contributed by atoms with Gasteiger partial charge in [-0.1, -0.05) is 44.7 Å². The number of benzene rings is 1. The van der Waals surface area contributed by atoms with Crippen LogP contribution in [0.5, 0.6) is 0 Å². The highest BCUT2D eigenvalue weighted by Gasteiger charge is 2.25. The van der Waals surface area contributed by atoms with Gasteiger partial charge in [-0.05, 0) is 31.4 Å². The lowest BCUT2D eigenvalue weighted by atomic mass is 9.95. The molecule has 0 unspecified atom stereocenters. The number of unbranched alkanes of at least 4 members (excludes halogenated alkanes) is 4. The van der Waals surface area contributed by atoms with Crippen molar-refractivity contribution in [2.24, 2.45) is 5.92 Å². The number of halogens is 1. The van der Waals surface area contributed by atoms with Crippen molar-refractivity contribution in [1.82, 2.24) is 5.32 Å². The van der Waals surface area contributed by atoms with Crippen LogP contribution in [0.15, 0.2) is 24.3 Å². The molecule has 0 aliphatic carbocycles. The topological polar surface area (TPSA) is 32.3 Å². The molecular formula is C19H29FN2O. The average molecular weight is 320 g/mol. The molecule has 1 heterocycles. The van der Waals surface area contributed by atoms with Crippen molar-refractivity contribution < 1.29 is 9.18 Å². The fourth-order valence-corrected chi connectivity index (χ4v) is 3.18. The van der Waals surface area contributed by atoms with Crippen LogP contribution in [0.25, 0.3) is 0 Å². The first-order valence-electron chi connectivity index (χ1n) is 8.99. The summed E-state index contributed by atoms with van der Waals surface area (Å²) in [5.41, 5.74) is 0.655. The molecular weight excluding hydrogens is 291 g/mol. The fraction of sp³-hybridized carbons (Fsp3) is 0.632. The lowest BCUT2D eigenvalue weighted by Crippen LogP contribution is -2.41. The van der Waals surface area contributed by atoms with E-state index in [0.717, 1.165) is 38.9 Å². The van der Waals surface area contributed by atoms with E-state index in [2.05, 4.69) is 12.2 Å². The summed E-state index contributed by atoms with van der Waals surface area (Å²) >= 11 is 0. The SMILES string of the molecule is CCCCCCCNC(=O)C1CCN(c2ccccc2F)CC1. The van der Waals surface area contributed by atoms with Gasteiger partial charge in [-0.15, -0.1) is 0 Å².